The predicted octanol–water partition coefficient (Wildman–Crippen LogP) is 2.63. The molecule has 2 aromatic carbocycles. The van der Waals surface area contributed by atoms with Crippen molar-refractivity contribution in [1.82, 2.24) is 0 Å². The van der Waals surface area contributed by atoms with Crippen LogP contribution >= 0.6 is 11.6 Å². The summed E-state index contributed by atoms with van der Waals surface area (Å²) in [6.07, 6.45) is 0. The Morgan fingerprint density at radius 2 is 1.68 bits per heavy atom. The second-order valence-electron chi connectivity index (χ2n) is 6.22. The topological polar surface area (TPSA) is 78.6 Å². The van der Waals surface area contributed by atoms with Crippen LogP contribution in [0.25, 0.3) is 0 Å². The van der Waals surface area contributed by atoms with Crippen LogP contribution in [0.5, 0.6) is 5.75 Å². The van der Waals surface area contributed by atoms with Crippen molar-refractivity contribution in [3.63, 3.8) is 0 Å². The zero-order chi connectivity index (χ0) is 18.2. The summed E-state index contributed by atoms with van der Waals surface area (Å²) in [7, 11) is -0.521. The minimum Gasteiger partial charge on any atom is -0.497 e. The standard InChI is InChI=1S/C18H20ClNO4S/c1-23-11-18(20)16(12-3-7-14(24-2)8-4-12)17(18)25(21,22)15-9-5-13(19)6-10-15/h3-10,16-17H,11,20H2,1-2H3/t16-,17+,18-/m1/s1. The zero-order valence-corrected chi connectivity index (χ0v) is 15.5. The van der Waals surface area contributed by atoms with Gasteiger partial charge in [0.15, 0.2) is 9.84 Å². The fraction of sp³-hybridized carbons (Fsp3) is 0.333. The number of ether oxygens (including phenoxy) is 2. The van der Waals surface area contributed by atoms with Gasteiger partial charge in [-0.1, -0.05) is 23.7 Å². The molecule has 3 atom stereocenters. The van der Waals surface area contributed by atoms with Crippen LogP contribution in [0.4, 0.5) is 0 Å². The molecule has 0 saturated heterocycles. The lowest BCUT2D eigenvalue weighted by Gasteiger charge is -2.11. The summed E-state index contributed by atoms with van der Waals surface area (Å²) < 4.78 is 36.6. The average Bonchev–Trinajstić information content (AvgIpc) is 3.22. The molecule has 25 heavy (non-hydrogen) atoms. The highest BCUT2D eigenvalue weighted by molar-refractivity contribution is 7.92. The molecule has 3 rings (SSSR count). The van der Waals surface area contributed by atoms with Crippen molar-refractivity contribution < 1.29 is 17.9 Å². The van der Waals surface area contributed by atoms with Crippen molar-refractivity contribution in [2.24, 2.45) is 5.73 Å². The van der Waals surface area contributed by atoms with E-state index in [4.69, 9.17) is 26.8 Å². The first-order chi connectivity index (χ1) is 11.8. The normalized spacial score (nSPS) is 25.6. The maximum absolute atomic E-state index is 13.1. The number of rotatable bonds is 6. The summed E-state index contributed by atoms with van der Waals surface area (Å²) in [5.74, 6) is 0.356. The molecule has 2 N–H and O–H groups in total. The summed E-state index contributed by atoms with van der Waals surface area (Å²) in [5, 5.41) is -0.271. The van der Waals surface area contributed by atoms with Crippen molar-refractivity contribution in [2.45, 2.75) is 21.6 Å². The van der Waals surface area contributed by atoms with Gasteiger partial charge in [0.2, 0.25) is 0 Å². The molecule has 0 bridgehead atoms. The summed E-state index contributed by atoms with van der Waals surface area (Å²) >= 11 is 5.86. The highest BCUT2D eigenvalue weighted by atomic mass is 35.5. The first kappa shape index (κ1) is 18.2. The smallest absolute Gasteiger partial charge is 0.183 e. The van der Waals surface area contributed by atoms with E-state index in [2.05, 4.69) is 0 Å². The molecular formula is C18H20ClNO4S. The molecule has 1 aliphatic carbocycles. The highest BCUT2D eigenvalue weighted by Crippen LogP contribution is 2.55. The Hall–Kier alpha value is -1.60. The number of halogens is 1. The molecule has 0 aliphatic heterocycles. The molecule has 0 aromatic heterocycles. The molecule has 134 valence electrons. The van der Waals surface area contributed by atoms with Crippen LogP contribution in [0.1, 0.15) is 11.5 Å². The van der Waals surface area contributed by atoms with Crippen molar-refractivity contribution >= 4 is 21.4 Å². The van der Waals surface area contributed by atoms with Crippen molar-refractivity contribution in [2.75, 3.05) is 20.8 Å². The second-order valence-corrected chi connectivity index (χ2v) is 8.72. The molecule has 0 amide bonds. The first-order valence-electron chi connectivity index (χ1n) is 7.76. The number of benzene rings is 2. The number of sulfone groups is 1. The quantitative estimate of drug-likeness (QED) is 0.832. The van der Waals surface area contributed by atoms with Gasteiger partial charge in [0, 0.05) is 18.1 Å². The summed E-state index contributed by atoms with van der Waals surface area (Å²) in [4.78, 5) is 0.212. The van der Waals surface area contributed by atoms with Crippen LogP contribution in [0.15, 0.2) is 53.4 Å². The maximum atomic E-state index is 13.1. The Morgan fingerprint density at radius 1 is 1.08 bits per heavy atom. The molecule has 0 unspecified atom stereocenters. The zero-order valence-electron chi connectivity index (χ0n) is 14.0. The van der Waals surface area contributed by atoms with Crippen molar-refractivity contribution in [3.8, 4) is 5.75 Å². The third-order valence-electron chi connectivity index (χ3n) is 4.65. The van der Waals surface area contributed by atoms with Gasteiger partial charge in [0.05, 0.1) is 29.4 Å². The van der Waals surface area contributed by atoms with Gasteiger partial charge >= 0.3 is 0 Å². The van der Waals surface area contributed by atoms with Crippen molar-refractivity contribution in [1.29, 1.82) is 0 Å². The lowest BCUT2D eigenvalue weighted by molar-refractivity contribution is 0.171. The van der Waals surface area contributed by atoms with E-state index in [-0.39, 0.29) is 17.4 Å². The van der Waals surface area contributed by atoms with Gasteiger partial charge in [-0.25, -0.2) is 8.42 Å². The predicted molar refractivity (Wildman–Crippen MR) is 97.0 cm³/mol. The molecule has 0 heterocycles. The largest absolute Gasteiger partial charge is 0.497 e. The molecule has 1 aliphatic rings. The Bertz CT molecular complexity index is 852. The van der Waals surface area contributed by atoms with Gasteiger partial charge in [-0.15, -0.1) is 0 Å². The van der Waals surface area contributed by atoms with Gasteiger partial charge in [-0.3, -0.25) is 0 Å². The van der Waals surface area contributed by atoms with Gasteiger partial charge < -0.3 is 15.2 Å². The third kappa shape index (κ3) is 3.15. The minimum absolute atomic E-state index is 0.154. The van der Waals surface area contributed by atoms with Crippen LogP contribution in [0, 0.1) is 0 Å². The van der Waals surface area contributed by atoms with E-state index in [1.54, 1.807) is 31.4 Å². The first-order valence-corrected chi connectivity index (χ1v) is 9.68. The number of methoxy groups -OCH3 is 2. The molecule has 2 aromatic rings. The summed E-state index contributed by atoms with van der Waals surface area (Å²) in [6, 6.07) is 13.4. The van der Waals surface area contributed by atoms with Crippen LogP contribution < -0.4 is 10.5 Å². The number of hydrogen-bond donors (Lipinski definition) is 1. The molecule has 1 saturated carbocycles. The SMILES string of the molecule is COC[C@@]1(N)[C@H](c2ccc(OC)cc2)[C@@H]1S(=O)(=O)c1ccc(Cl)cc1. The molecule has 1 fully saturated rings. The van der Waals surface area contributed by atoms with Gasteiger partial charge in [-0.05, 0) is 42.0 Å². The van der Waals surface area contributed by atoms with E-state index in [0.717, 1.165) is 5.56 Å². The van der Waals surface area contributed by atoms with Crippen LogP contribution in [0.3, 0.4) is 0 Å². The van der Waals surface area contributed by atoms with E-state index < -0.39 is 20.6 Å². The van der Waals surface area contributed by atoms with Crippen LogP contribution in [-0.2, 0) is 14.6 Å². The molecule has 0 radical (unpaired) electrons. The molecule has 0 spiro atoms. The van der Waals surface area contributed by atoms with Crippen LogP contribution in [0.2, 0.25) is 5.02 Å². The van der Waals surface area contributed by atoms with E-state index >= 15 is 0 Å². The minimum atomic E-state index is -3.62. The number of hydrogen-bond acceptors (Lipinski definition) is 5. The summed E-state index contributed by atoms with van der Waals surface area (Å²) in [6.45, 7) is 0.154. The fourth-order valence-electron chi connectivity index (χ4n) is 3.38. The highest BCUT2D eigenvalue weighted by Gasteiger charge is 2.69. The Kier molecular flexibility index (Phi) is 4.81. The molecule has 5 nitrogen and oxygen atoms in total. The average molecular weight is 382 g/mol. The fourth-order valence-corrected chi connectivity index (χ4v) is 5.80. The number of nitrogens with two attached hydrogens (primary N) is 1. The Balaban J connectivity index is 1.99. The lowest BCUT2D eigenvalue weighted by Crippen LogP contribution is -2.35. The Morgan fingerprint density at radius 3 is 2.20 bits per heavy atom. The van der Waals surface area contributed by atoms with Gasteiger partial charge in [0.25, 0.3) is 0 Å². The summed E-state index contributed by atoms with van der Waals surface area (Å²) in [5.41, 5.74) is 6.32. The molecular weight excluding hydrogens is 362 g/mol. The van der Waals surface area contributed by atoms with E-state index in [1.807, 2.05) is 12.1 Å². The van der Waals surface area contributed by atoms with Gasteiger partial charge in [-0.2, -0.15) is 0 Å². The van der Waals surface area contributed by atoms with Crippen molar-refractivity contribution in [3.05, 3.63) is 59.1 Å². The van der Waals surface area contributed by atoms with E-state index in [9.17, 15) is 8.42 Å². The second kappa shape index (κ2) is 6.61. The third-order valence-corrected chi connectivity index (χ3v) is 7.21. The lowest BCUT2D eigenvalue weighted by atomic mass is 10.1. The van der Waals surface area contributed by atoms with E-state index in [0.29, 0.717) is 10.8 Å². The van der Waals surface area contributed by atoms with Gasteiger partial charge in [0.1, 0.15) is 5.75 Å². The molecule has 7 heteroatoms. The monoisotopic (exact) mass is 381 g/mol. The van der Waals surface area contributed by atoms with E-state index in [1.165, 1.54) is 19.2 Å². The van der Waals surface area contributed by atoms with Crippen LogP contribution in [-0.4, -0.2) is 40.0 Å². The Labute approximate surface area is 152 Å². The maximum Gasteiger partial charge on any atom is 0.183 e.